The van der Waals surface area contributed by atoms with Gasteiger partial charge in [0, 0.05) is 17.3 Å². The lowest BCUT2D eigenvalue weighted by Crippen LogP contribution is -2.07. The van der Waals surface area contributed by atoms with E-state index in [9.17, 15) is 18.0 Å². The van der Waals surface area contributed by atoms with Crippen LogP contribution >= 0.6 is 11.8 Å². The molecule has 5 nitrogen and oxygen atoms in total. The van der Waals surface area contributed by atoms with Crippen LogP contribution in [0.1, 0.15) is 33.0 Å². The highest BCUT2D eigenvalue weighted by Crippen LogP contribution is 2.30. The van der Waals surface area contributed by atoms with Gasteiger partial charge in [0.25, 0.3) is 0 Å². The third-order valence-electron chi connectivity index (χ3n) is 4.60. The predicted molar refractivity (Wildman–Crippen MR) is 121 cm³/mol. The Morgan fingerprint density at radius 3 is 2.12 bits per heavy atom. The number of halogens is 3. The first-order valence-electron chi connectivity index (χ1n) is 10.0. The molecular weight excluding hydrogens is 465 g/mol. The van der Waals surface area contributed by atoms with E-state index in [2.05, 4.69) is 10.1 Å². The number of alkyl halides is 3. The summed E-state index contributed by atoms with van der Waals surface area (Å²) in [6, 6.07) is 23.9. The molecule has 0 fully saturated rings. The van der Waals surface area contributed by atoms with Gasteiger partial charge in [0.05, 0.1) is 16.3 Å². The maximum atomic E-state index is 12.6. The lowest BCUT2D eigenvalue weighted by atomic mass is 10.0. The number of aromatic nitrogens is 1. The second-order valence-electron chi connectivity index (χ2n) is 6.99. The van der Waals surface area contributed by atoms with Crippen molar-refractivity contribution in [2.45, 2.75) is 17.0 Å². The van der Waals surface area contributed by atoms with Crippen LogP contribution in [0, 0.1) is 0 Å². The van der Waals surface area contributed by atoms with Crippen molar-refractivity contribution in [1.82, 2.24) is 4.98 Å². The maximum absolute atomic E-state index is 12.6. The minimum absolute atomic E-state index is 0.0415. The highest BCUT2D eigenvalue weighted by Gasteiger charge is 2.30. The number of carbonyl (C=O) groups is 1. The minimum Gasteiger partial charge on any atom is -0.453 e. The summed E-state index contributed by atoms with van der Waals surface area (Å²) in [6.45, 7) is 0. The summed E-state index contributed by atoms with van der Waals surface area (Å²) < 4.78 is 43.4. The molecule has 0 aliphatic heterocycles. The molecule has 0 aliphatic rings. The Balaban J connectivity index is 1.42. The lowest BCUT2D eigenvalue weighted by Gasteiger charge is -2.06. The van der Waals surface area contributed by atoms with Crippen molar-refractivity contribution in [2.75, 3.05) is 0 Å². The van der Waals surface area contributed by atoms with Crippen molar-refractivity contribution in [3.05, 3.63) is 119 Å². The molecule has 4 rings (SSSR count). The van der Waals surface area contributed by atoms with E-state index in [-0.39, 0.29) is 11.5 Å². The number of hydrogen-bond donors (Lipinski definition) is 0. The second kappa shape index (κ2) is 10.4. The lowest BCUT2D eigenvalue weighted by molar-refractivity contribution is -0.137. The topological polar surface area (TPSA) is 64.7 Å². The van der Waals surface area contributed by atoms with Crippen molar-refractivity contribution in [3.63, 3.8) is 0 Å². The fourth-order valence-corrected chi connectivity index (χ4v) is 3.68. The Morgan fingerprint density at radius 2 is 1.56 bits per heavy atom. The average molecular weight is 482 g/mol. The maximum Gasteiger partial charge on any atom is 0.417 e. The summed E-state index contributed by atoms with van der Waals surface area (Å²) >= 11 is 1.18. The first-order chi connectivity index (χ1) is 16.4. The number of nitrogens with zero attached hydrogens (tertiary/aromatic N) is 2. The fourth-order valence-electron chi connectivity index (χ4n) is 2.94. The summed E-state index contributed by atoms with van der Waals surface area (Å²) in [4.78, 5) is 21.4. The molecule has 34 heavy (non-hydrogen) atoms. The summed E-state index contributed by atoms with van der Waals surface area (Å²) in [5.41, 5.74) is 1.24. The normalized spacial score (nSPS) is 11.1. The molecule has 9 heteroatoms. The Bertz CT molecular complexity index is 1230. The molecule has 0 unspecified atom stereocenters. The van der Waals surface area contributed by atoms with Gasteiger partial charge in [-0.15, -0.1) is 0 Å². The van der Waals surface area contributed by atoms with Crippen molar-refractivity contribution in [3.8, 4) is 0 Å². The second-order valence-corrected chi connectivity index (χ2v) is 7.98. The molecular formula is C25H17F3N2O3S. The zero-order valence-corrected chi connectivity index (χ0v) is 18.3. The van der Waals surface area contributed by atoms with Crippen LogP contribution in [0.4, 0.5) is 13.2 Å². The van der Waals surface area contributed by atoms with Crippen LogP contribution in [0.5, 0.6) is 0 Å². The standard InChI is InChI=1S/C25H17F3N2O3S/c26-25(27,28)19-11-14-22(29-15-19)34-16-20-12-13-21(32-20)24(31)33-30-23(17-7-3-1-4-8-17)18-9-5-2-6-10-18/h1-15H,16H2. The fraction of sp³-hybridized carbons (Fsp3) is 0.0800. The smallest absolute Gasteiger partial charge is 0.417 e. The van der Waals surface area contributed by atoms with Gasteiger partial charge in [0.15, 0.2) is 0 Å². The van der Waals surface area contributed by atoms with Gasteiger partial charge in [-0.25, -0.2) is 9.78 Å². The molecule has 0 saturated heterocycles. The number of rotatable bonds is 7. The van der Waals surface area contributed by atoms with Gasteiger partial charge in [-0.05, 0) is 24.3 Å². The monoisotopic (exact) mass is 482 g/mol. The molecule has 0 bridgehead atoms. The molecule has 2 aromatic carbocycles. The average Bonchev–Trinajstić information content (AvgIpc) is 3.33. The van der Waals surface area contributed by atoms with Gasteiger partial charge in [0.2, 0.25) is 5.76 Å². The molecule has 172 valence electrons. The molecule has 0 N–H and O–H groups in total. The van der Waals surface area contributed by atoms with Gasteiger partial charge in [0.1, 0.15) is 11.5 Å². The molecule has 0 saturated carbocycles. The van der Waals surface area contributed by atoms with Crippen molar-refractivity contribution >= 4 is 23.4 Å². The van der Waals surface area contributed by atoms with Crippen LogP contribution in [0.3, 0.4) is 0 Å². The van der Waals surface area contributed by atoms with Crippen LogP contribution in [0.2, 0.25) is 0 Å². The van der Waals surface area contributed by atoms with Crippen LogP contribution in [0.15, 0.2) is 106 Å². The van der Waals surface area contributed by atoms with Crippen LogP contribution in [0.25, 0.3) is 0 Å². The molecule has 0 radical (unpaired) electrons. The van der Waals surface area contributed by atoms with Gasteiger partial charge in [-0.1, -0.05) is 77.6 Å². The molecule has 0 aliphatic carbocycles. The number of benzene rings is 2. The Labute approximate surface area is 197 Å². The Kier molecular flexibility index (Phi) is 7.12. The van der Waals surface area contributed by atoms with Gasteiger partial charge in [-0.3, -0.25) is 0 Å². The number of carbonyl (C=O) groups excluding carboxylic acids is 1. The highest BCUT2D eigenvalue weighted by molar-refractivity contribution is 7.98. The van der Waals surface area contributed by atoms with E-state index in [0.717, 1.165) is 23.4 Å². The first-order valence-corrected chi connectivity index (χ1v) is 11.0. The quantitative estimate of drug-likeness (QED) is 0.129. The number of hydrogen-bond acceptors (Lipinski definition) is 6. The largest absolute Gasteiger partial charge is 0.453 e. The number of oxime groups is 1. The summed E-state index contributed by atoms with van der Waals surface area (Å²) in [6.07, 6.45) is -3.65. The van der Waals surface area contributed by atoms with E-state index in [1.807, 2.05) is 60.7 Å². The van der Waals surface area contributed by atoms with E-state index in [0.29, 0.717) is 16.5 Å². The van der Waals surface area contributed by atoms with Crippen LogP contribution in [-0.2, 0) is 16.8 Å². The van der Waals surface area contributed by atoms with E-state index in [1.165, 1.54) is 23.9 Å². The van der Waals surface area contributed by atoms with Gasteiger partial charge in [-0.2, -0.15) is 13.2 Å². The first kappa shape index (κ1) is 23.3. The number of pyridine rings is 1. The van der Waals surface area contributed by atoms with Gasteiger partial charge < -0.3 is 9.25 Å². The Hall–Kier alpha value is -3.85. The molecule has 0 amide bonds. The minimum atomic E-state index is -4.43. The van der Waals surface area contributed by atoms with Crippen LogP contribution < -0.4 is 0 Å². The number of furan rings is 1. The third-order valence-corrected chi connectivity index (χ3v) is 5.57. The van der Waals surface area contributed by atoms with E-state index >= 15 is 0 Å². The molecule has 0 atom stereocenters. The third kappa shape index (κ3) is 5.93. The predicted octanol–water partition coefficient (Wildman–Crippen LogP) is 6.60. The zero-order valence-electron chi connectivity index (χ0n) is 17.5. The van der Waals surface area contributed by atoms with E-state index in [4.69, 9.17) is 9.25 Å². The van der Waals surface area contributed by atoms with Gasteiger partial charge >= 0.3 is 12.1 Å². The molecule has 2 aromatic heterocycles. The SMILES string of the molecule is O=C(ON=C(c1ccccc1)c1ccccc1)c1ccc(CSc2ccc(C(F)(F)F)cn2)o1. The summed E-state index contributed by atoms with van der Waals surface area (Å²) in [5.74, 6) is -0.101. The Morgan fingerprint density at radius 1 is 0.912 bits per heavy atom. The van der Waals surface area contributed by atoms with Crippen LogP contribution in [-0.4, -0.2) is 16.7 Å². The number of thioether (sulfide) groups is 1. The van der Waals surface area contributed by atoms with E-state index in [1.54, 1.807) is 6.07 Å². The molecule has 2 heterocycles. The van der Waals surface area contributed by atoms with Crippen molar-refractivity contribution in [1.29, 1.82) is 0 Å². The molecule has 0 spiro atoms. The highest BCUT2D eigenvalue weighted by atomic mass is 32.2. The summed E-state index contributed by atoms with van der Waals surface area (Å²) in [7, 11) is 0. The van der Waals surface area contributed by atoms with Crippen molar-refractivity contribution in [2.24, 2.45) is 5.16 Å². The van der Waals surface area contributed by atoms with E-state index < -0.39 is 17.7 Å². The zero-order chi connectivity index (χ0) is 24.0. The molecule has 4 aromatic rings. The summed E-state index contributed by atoms with van der Waals surface area (Å²) in [5, 5.41) is 4.47. The van der Waals surface area contributed by atoms with Crippen molar-refractivity contribution < 1.29 is 27.2 Å².